The molecule has 2 aromatic carbocycles. The highest BCUT2D eigenvalue weighted by atomic mass is 79.9. The lowest BCUT2D eigenvalue weighted by atomic mass is 10.3. The predicted molar refractivity (Wildman–Crippen MR) is 98.5 cm³/mol. The van der Waals surface area contributed by atoms with Crippen molar-refractivity contribution in [3.05, 3.63) is 46.9 Å². The fourth-order valence-electron chi connectivity index (χ4n) is 1.96. The maximum Gasteiger partial charge on any atom is 0.339 e. The Morgan fingerprint density at radius 3 is 2.56 bits per heavy atom. The lowest BCUT2D eigenvalue weighted by molar-refractivity contribution is -0.114. The van der Waals surface area contributed by atoms with Crippen molar-refractivity contribution in [3.63, 3.8) is 0 Å². The molecule has 25 heavy (non-hydrogen) atoms. The molecule has 0 saturated carbocycles. The van der Waals surface area contributed by atoms with Crippen LogP contribution in [0.1, 0.15) is 20.3 Å². The molecule has 0 aliphatic rings. The van der Waals surface area contributed by atoms with Gasteiger partial charge in [0.2, 0.25) is 5.91 Å². The van der Waals surface area contributed by atoms with Crippen LogP contribution < -0.4 is 14.2 Å². The number of amides is 1. The zero-order chi connectivity index (χ0) is 18.4. The molecule has 1 amide bonds. The van der Waals surface area contributed by atoms with Gasteiger partial charge in [-0.15, -0.1) is 0 Å². The van der Waals surface area contributed by atoms with Crippen molar-refractivity contribution in [2.45, 2.75) is 25.2 Å². The largest absolute Gasteiger partial charge is 0.492 e. The second kappa shape index (κ2) is 8.35. The van der Waals surface area contributed by atoms with E-state index in [9.17, 15) is 13.2 Å². The van der Waals surface area contributed by atoms with Gasteiger partial charge in [-0.25, -0.2) is 0 Å². The highest BCUT2D eigenvalue weighted by molar-refractivity contribution is 9.10. The second-order valence-corrected chi connectivity index (χ2v) is 7.56. The molecule has 8 heteroatoms. The summed E-state index contributed by atoms with van der Waals surface area (Å²) >= 11 is 3.32. The van der Waals surface area contributed by atoms with Crippen LogP contribution >= 0.6 is 15.9 Å². The van der Waals surface area contributed by atoms with Gasteiger partial charge < -0.3 is 14.2 Å². The number of benzene rings is 2. The van der Waals surface area contributed by atoms with E-state index in [0.29, 0.717) is 16.8 Å². The Kier molecular flexibility index (Phi) is 6.44. The Morgan fingerprint density at radius 1 is 1.16 bits per heavy atom. The van der Waals surface area contributed by atoms with Crippen LogP contribution in [0.25, 0.3) is 0 Å². The summed E-state index contributed by atoms with van der Waals surface area (Å²) in [5.41, 5.74) is 0.276. The topological polar surface area (TPSA) is 81.7 Å². The van der Waals surface area contributed by atoms with Gasteiger partial charge in [0, 0.05) is 13.0 Å². The maximum absolute atomic E-state index is 12.6. The van der Waals surface area contributed by atoms with Gasteiger partial charge in [-0.1, -0.05) is 19.1 Å². The normalized spacial score (nSPS) is 11.0. The molecule has 6 nitrogen and oxygen atoms in total. The smallest absolute Gasteiger partial charge is 0.339 e. The minimum atomic E-state index is -4.09. The maximum atomic E-state index is 12.6. The van der Waals surface area contributed by atoms with Crippen LogP contribution in [0.3, 0.4) is 0 Å². The fraction of sp³-hybridized carbons (Fsp3) is 0.235. The van der Waals surface area contributed by atoms with E-state index in [2.05, 4.69) is 21.2 Å². The van der Waals surface area contributed by atoms with Crippen LogP contribution in [0.2, 0.25) is 0 Å². The quantitative estimate of drug-likeness (QED) is 0.676. The summed E-state index contributed by atoms with van der Waals surface area (Å²) < 4.78 is 36.5. The molecular weight excluding hydrogens is 410 g/mol. The minimum absolute atomic E-state index is 0.0386. The van der Waals surface area contributed by atoms with Crippen molar-refractivity contribution >= 4 is 37.6 Å². The molecule has 0 heterocycles. The molecule has 2 aromatic rings. The molecule has 0 fully saturated rings. The van der Waals surface area contributed by atoms with E-state index >= 15 is 0 Å². The van der Waals surface area contributed by atoms with Crippen LogP contribution in [0.5, 0.6) is 11.5 Å². The first-order valence-electron chi connectivity index (χ1n) is 7.57. The highest BCUT2D eigenvalue weighted by Crippen LogP contribution is 2.31. The molecule has 0 saturated heterocycles. The lowest BCUT2D eigenvalue weighted by Crippen LogP contribution is -2.13. The Hall–Kier alpha value is -2.06. The Bertz CT molecular complexity index is 867. The van der Waals surface area contributed by atoms with Gasteiger partial charge >= 0.3 is 10.1 Å². The third-order valence-corrected chi connectivity index (χ3v) is 4.94. The zero-order valence-electron chi connectivity index (χ0n) is 13.8. The summed E-state index contributed by atoms with van der Waals surface area (Å²) in [6.45, 7) is 3.75. The van der Waals surface area contributed by atoms with E-state index in [0.717, 1.165) is 6.42 Å². The molecule has 0 atom stereocenters. The number of anilines is 1. The van der Waals surface area contributed by atoms with Crippen molar-refractivity contribution in [1.29, 1.82) is 0 Å². The molecular formula is C17H18BrNO5S. The molecule has 0 spiro atoms. The van der Waals surface area contributed by atoms with Crippen molar-refractivity contribution in [2.75, 3.05) is 11.9 Å². The molecule has 0 bridgehead atoms. The van der Waals surface area contributed by atoms with E-state index in [1.807, 2.05) is 6.92 Å². The Labute approximate surface area is 155 Å². The van der Waals surface area contributed by atoms with Crippen LogP contribution in [-0.4, -0.2) is 20.9 Å². The number of ether oxygens (including phenoxy) is 1. The number of carbonyl (C=O) groups excluding carboxylic acids is 1. The highest BCUT2D eigenvalue weighted by Gasteiger charge is 2.20. The molecule has 0 aromatic heterocycles. The third-order valence-electron chi connectivity index (χ3n) is 3.05. The van der Waals surface area contributed by atoms with Gasteiger partial charge in [0.05, 0.1) is 16.8 Å². The molecule has 0 radical (unpaired) electrons. The molecule has 0 unspecified atom stereocenters. The average molecular weight is 428 g/mol. The average Bonchev–Trinajstić information content (AvgIpc) is 2.55. The van der Waals surface area contributed by atoms with Gasteiger partial charge in [-0.2, -0.15) is 8.42 Å². The number of hydrogen-bond donors (Lipinski definition) is 1. The van der Waals surface area contributed by atoms with Gasteiger partial charge in [0.15, 0.2) is 5.75 Å². The first-order valence-corrected chi connectivity index (χ1v) is 9.77. The summed E-state index contributed by atoms with van der Waals surface area (Å²) in [6.07, 6.45) is 0.796. The SMILES string of the molecule is CCCOc1cc(S(=O)(=O)Oc2ccccc2NC(C)=O)ccc1Br. The van der Waals surface area contributed by atoms with Gasteiger partial charge in [0.1, 0.15) is 10.6 Å². The molecule has 0 aliphatic carbocycles. The van der Waals surface area contributed by atoms with E-state index in [1.165, 1.54) is 25.1 Å². The van der Waals surface area contributed by atoms with E-state index in [-0.39, 0.29) is 22.2 Å². The summed E-state index contributed by atoms with van der Waals surface area (Å²) in [7, 11) is -4.09. The van der Waals surface area contributed by atoms with Crippen molar-refractivity contribution < 1.29 is 22.1 Å². The van der Waals surface area contributed by atoms with Crippen molar-refractivity contribution in [2.24, 2.45) is 0 Å². The lowest BCUT2D eigenvalue weighted by Gasteiger charge is -2.13. The number of nitrogens with one attached hydrogen (secondary N) is 1. The zero-order valence-corrected chi connectivity index (χ0v) is 16.2. The predicted octanol–water partition coefficient (Wildman–Crippen LogP) is 3.96. The summed E-state index contributed by atoms with van der Waals surface area (Å²) in [4.78, 5) is 11.2. The van der Waals surface area contributed by atoms with Crippen molar-refractivity contribution in [1.82, 2.24) is 0 Å². The van der Waals surface area contributed by atoms with Gasteiger partial charge in [0.25, 0.3) is 0 Å². The molecule has 2 rings (SSSR count). The monoisotopic (exact) mass is 427 g/mol. The van der Waals surface area contributed by atoms with E-state index in [1.54, 1.807) is 24.3 Å². The van der Waals surface area contributed by atoms with Crippen LogP contribution in [0.15, 0.2) is 51.8 Å². The van der Waals surface area contributed by atoms with Gasteiger partial charge in [-0.05, 0) is 46.6 Å². The summed E-state index contributed by atoms with van der Waals surface area (Å²) in [5.74, 6) is 0.130. The number of carbonyl (C=O) groups is 1. The van der Waals surface area contributed by atoms with E-state index in [4.69, 9.17) is 8.92 Å². The molecule has 0 aliphatic heterocycles. The summed E-state index contributed by atoms with van der Waals surface area (Å²) in [6, 6.07) is 10.7. The third kappa shape index (κ3) is 5.20. The first kappa shape index (κ1) is 19.3. The molecule has 134 valence electrons. The van der Waals surface area contributed by atoms with Crippen LogP contribution in [-0.2, 0) is 14.9 Å². The number of hydrogen-bond acceptors (Lipinski definition) is 5. The van der Waals surface area contributed by atoms with Crippen LogP contribution in [0.4, 0.5) is 5.69 Å². The van der Waals surface area contributed by atoms with Crippen LogP contribution in [0, 0.1) is 0 Å². The number of rotatable bonds is 7. The Morgan fingerprint density at radius 2 is 1.88 bits per heavy atom. The fourth-order valence-corrected chi connectivity index (χ4v) is 3.29. The van der Waals surface area contributed by atoms with Crippen molar-refractivity contribution in [3.8, 4) is 11.5 Å². The van der Waals surface area contributed by atoms with Gasteiger partial charge in [-0.3, -0.25) is 4.79 Å². The standard InChI is InChI=1S/C17H18BrNO5S/c1-3-10-23-17-11-13(8-9-14(17)18)25(21,22)24-16-7-5-4-6-15(16)19-12(2)20/h4-9,11H,3,10H2,1-2H3,(H,19,20). The second-order valence-electron chi connectivity index (χ2n) is 5.16. The molecule has 1 N–H and O–H groups in total. The minimum Gasteiger partial charge on any atom is -0.492 e. The van der Waals surface area contributed by atoms with E-state index < -0.39 is 10.1 Å². The number of halogens is 1. The number of para-hydroxylation sites is 2. The first-order chi connectivity index (χ1) is 11.8. The summed E-state index contributed by atoms with van der Waals surface area (Å²) in [5, 5.41) is 2.54. The Balaban J connectivity index is 2.32.